The highest BCUT2D eigenvalue weighted by molar-refractivity contribution is 5.87. The first-order chi connectivity index (χ1) is 14.7. The Morgan fingerprint density at radius 1 is 0.833 bits per heavy atom. The van der Waals surface area contributed by atoms with Gasteiger partial charge in [0.2, 0.25) is 0 Å². The van der Waals surface area contributed by atoms with E-state index in [1.165, 1.54) is 44.8 Å². The molecule has 0 aromatic heterocycles. The van der Waals surface area contributed by atoms with E-state index in [2.05, 4.69) is 104 Å². The van der Waals surface area contributed by atoms with Gasteiger partial charge >= 0.3 is 0 Å². The van der Waals surface area contributed by atoms with Crippen molar-refractivity contribution in [3.8, 4) is 11.1 Å². The summed E-state index contributed by atoms with van der Waals surface area (Å²) in [7, 11) is 0. The molecule has 1 aliphatic rings. The van der Waals surface area contributed by atoms with Crippen molar-refractivity contribution in [1.82, 2.24) is 0 Å². The van der Waals surface area contributed by atoms with Gasteiger partial charge in [0.15, 0.2) is 0 Å². The van der Waals surface area contributed by atoms with Gasteiger partial charge in [0, 0.05) is 6.21 Å². The van der Waals surface area contributed by atoms with E-state index in [1.807, 2.05) is 6.08 Å². The zero-order chi connectivity index (χ0) is 20.8. The molecule has 0 unspecified atom stereocenters. The van der Waals surface area contributed by atoms with Gasteiger partial charge in [-0.2, -0.15) is 0 Å². The van der Waals surface area contributed by atoms with Crippen molar-refractivity contribution in [2.45, 2.75) is 13.3 Å². The summed E-state index contributed by atoms with van der Waals surface area (Å²) in [5.41, 5.74) is 7.21. The Hall–Kier alpha value is -3.71. The number of rotatable bonds is 4. The number of nitrogens with one attached hydrogen (secondary N) is 1. The van der Waals surface area contributed by atoms with Gasteiger partial charge in [-0.1, -0.05) is 85.0 Å². The first-order valence-electron chi connectivity index (χ1n) is 10.3. The number of aryl methyl sites for hydroxylation is 1. The Labute approximate surface area is 178 Å². The second kappa shape index (κ2) is 9.19. The summed E-state index contributed by atoms with van der Waals surface area (Å²) in [5, 5.41) is 9.70. The minimum Gasteiger partial charge on any atom is -0.309 e. The molecule has 0 heterocycles. The monoisotopic (exact) mass is 387 g/mol. The quantitative estimate of drug-likeness (QED) is 0.441. The van der Waals surface area contributed by atoms with Crippen LogP contribution < -0.4 is 0 Å². The first-order valence-corrected chi connectivity index (χ1v) is 10.3. The predicted octanol–water partition coefficient (Wildman–Crippen LogP) is 7.85. The largest absolute Gasteiger partial charge is 0.309 e. The maximum atomic E-state index is 7.17. The number of benzene rings is 3. The van der Waals surface area contributed by atoms with Gasteiger partial charge in [-0.05, 0) is 81.8 Å². The van der Waals surface area contributed by atoms with Crippen molar-refractivity contribution < 1.29 is 0 Å². The second-order valence-electron chi connectivity index (χ2n) is 7.54. The third-order valence-electron chi connectivity index (χ3n) is 5.17. The molecule has 30 heavy (non-hydrogen) atoms. The Kier molecular flexibility index (Phi) is 6.01. The van der Waals surface area contributed by atoms with Crippen molar-refractivity contribution in [2.75, 3.05) is 0 Å². The highest BCUT2D eigenvalue weighted by Crippen LogP contribution is 2.27. The number of allylic oxidation sites excluding steroid dienone is 9. The molecule has 0 aliphatic heterocycles. The topological polar surface area (TPSA) is 23.9 Å². The van der Waals surface area contributed by atoms with Crippen LogP contribution >= 0.6 is 0 Å². The van der Waals surface area contributed by atoms with E-state index in [4.69, 9.17) is 5.41 Å². The first kappa shape index (κ1) is 19.6. The average Bonchev–Trinajstić information content (AvgIpc) is 2.74. The lowest BCUT2D eigenvalue weighted by atomic mass is 9.96. The molecule has 0 saturated heterocycles. The van der Waals surface area contributed by atoms with E-state index in [9.17, 15) is 0 Å². The minimum atomic E-state index is 0.884. The Balaban J connectivity index is 1.69. The van der Waals surface area contributed by atoms with Crippen LogP contribution in [0.1, 0.15) is 17.5 Å². The molecule has 0 radical (unpaired) electrons. The molecule has 3 aromatic rings. The molecule has 0 spiro atoms. The maximum Gasteiger partial charge on any atom is 0.0177 e. The van der Waals surface area contributed by atoms with Crippen molar-refractivity contribution >= 4 is 23.1 Å². The molecule has 1 N–H and O–H groups in total. The maximum absolute atomic E-state index is 7.17. The Bertz CT molecular complexity index is 1230. The molecule has 1 aliphatic carbocycles. The molecule has 0 bridgehead atoms. The van der Waals surface area contributed by atoms with E-state index in [-0.39, 0.29) is 0 Å². The van der Waals surface area contributed by atoms with Gasteiger partial charge in [0.25, 0.3) is 0 Å². The van der Waals surface area contributed by atoms with Crippen LogP contribution in [0.2, 0.25) is 0 Å². The molecule has 0 amide bonds. The molecule has 4 rings (SSSR count). The molecule has 0 atom stereocenters. The summed E-state index contributed by atoms with van der Waals surface area (Å²) >= 11 is 0. The van der Waals surface area contributed by atoms with Crippen molar-refractivity contribution in [3.63, 3.8) is 0 Å². The van der Waals surface area contributed by atoms with Crippen LogP contribution in [0.5, 0.6) is 0 Å². The predicted molar refractivity (Wildman–Crippen MR) is 131 cm³/mol. The summed E-state index contributed by atoms with van der Waals surface area (Å²) in [6.07, 6.45) is 18.9. The Morgan fingerprint density at radius 3 is 2.57 bits per heavy atom. The third-order valence-corrected chi connectivity index (χ3v) is 5.17. The molecule has 0 fully saturated rings. The fraction of sp³-hybridized carbons (Fsp3) is 0.0690. The standard InChI is InChI=1S/C29H25N/c1-22-17-25(19-24-8-3-2-7-23(12-13-24)9-6-16-30)20-29(18-22)28-15-14-26-10-4-5-11-27(26)21-28/h3-21,30H,2H2,1H3/b8-3-,9-6-,13-12-,23-7?,24-19+,30-16?. The summed E-state index contributed by atoms with van der Waals surface area (Å²) in [4.78, 5) is 0. The molecular weight excluding hydrogens is 362 g/mol. The van der Waals surface area contributed by atoms with Crippen LogP contribution in [0.15, 0.2) is 114 Å². The fourth-order valence-corrected chi connectivity index (χ4v) is 3.73. The van der Waals surface area contributed by atoms with E-state index < -0.39 is 0 Å². The summed E-state index contributed by atoms with van der Waals surface area (Å²) in [6.45, 7) is 2.15. The van der Waals surface area contributed by atoms with Crippen LogP contribution in [-0.4, -0.2) is 6.21 Å². The number of hydrogen-bond acceptors (Lipinski definition) is 1. The van der Waals surface area contributed by atoms with Crippen molar-refractivity contribution in [1.29, 1.82) is 5.41 Å². The van der Waals surface area contributed by atoms with Gasteiger partial charge in [-0.15, -0.1) is 0 Å². The smallest absolute Gasteiger partial charge is 0.0177 e. The van der Waals surface area contributed by atoms with Gasteiger partial charge in [0.05, 0.1) is 0 Å². The van der Waals surface area contributed by atoms with E-state index in [1.54, 1.807) is 6.08 Å². The lowest BCUT2D eigenvalue weighted by Crippen LogP contribution is -1.85. The van der Waals surface area contributed by atoms with Crippen LogP contribution in [0.4, 0.5) is 0 Å². The number of hydrogen-bond donors (Lipinski definition) is 1. The van der Waals surface area contributed by atoms with Crippen LogP contribution in [0.3, 0.4) is 0 Å². The summed E-state index contributed by atoms with van der Waals surface area (Å²) in [5.74, 6) is 0. The highest BCUT2D eigenvalue weighted by Gasteiger charge is 2.03. The average molecular weight is 388 g/mol. The van der Waals surface area contributed by atoms with Gasteiger partial charge in [0.1, 0.15) is 0 Å². The lowest BCUT2D eigenvalue weighted by molar-refractivity contribution is 1.35. The third kappa shape index (κ3) is 4.82. The van der Waals surface area contributed by atoms with Gasteiger partial charge < -0.3 is 5.41 Å². The molecule has 1 nitrogen and oxygen atoms in total. The lowest BCUT2D eigenvalue weighted by Gasteiger charge is -2.08. The number of fused-ring (bicyclic) bond motifs is 1. The van der Waals surface area contributed by atoms with Crippen molar-refractivity contribution in [2.24, 2.45) is 0 Å². The molecule has 0 saturated carbocycles. The van der Waals surface area contributed by atoms with Crippen LogP contribution in [0.25, 0.3) is 28.0 Å². The normalized spacial score (nSPS) is 17.5. The molecule has 3 aromatic carbocycles. The van der Waals surface area contributed by atoms with Crippen LogP contribution in [0, 0.1) is 12.3 Å². The molecular formula is C29H25N. The Morgan fingerprint density at radius 2 is 1.70 bits per heavy atom. The summed E-state index contributed by atoms with van der Waals surface area (Å²) in [6, 6.07) is 21.9. The van der Waals surface area contributed by atoms with Gasteiger partial charge in [-0.25, -0.2) is 0 Å². The highest BCUT2D eigenvalue weighted by atomic mass is 14.3. The SMILES string of the molecule is Cc1cc(/C=C2\C=C/CC=C(/C=C\C=N)/C=C\2)cc(-c2ccc3ccccc3c2)c1. The van der Waals surface area contributed by atoms with E-state index in [0.717, 1.165) is 12.0 Å². The van der Waals surface area contributed by atoms with E-state index >= 15 is 0 Å². The van der Waals surface area contributed by atoms with Gasteiger partial charge in [-0.3, -0.25) is 0 Å². The molecule has 1 heteroatoms. The minimum absolute atomic E-state index is 0.884. The van der Waals surface area contributed by atoms with Crippen LogP contribution in [-0.2, 0) is 0 Å². The van der Waals surface area contributed by atoms with Crippen molar-refractivity contribution in [3.05, 3.63) is 125 Å². The zero-order valence-electron chi connectivity index (χ0n) is 17.2. The second-order valence-corrected chi connectivity index (χ2v) is 7.54. The summed E-state index contributed by atoms with van der Waals surface area (Å²) < 4.78 is 0. The fourth-order valence-electron chi connectivity index (χ4n) is 3.73. The van der Waals surface area contributed by atoms with E-state index in [0.29, 0.717) is 0 Å². The molecule has 146 valence electrons. The zero-order valence-corrected chi connectivity index (χ0v) is 17.2.